The van der Waals surface area contributed by atoms with Crippen LogP contribution in [0.3, 0.4) is 0 Å². The van der Waals surface area contributed by atoms with E-state index in [9.17, 15) is 4.79 Å². The molecule has 0 aromatic rings. The highest BCUT2D eigenvalue weighted by Gasteiger charge is 2.03. The van der Waals surface area contributed by atoms with Crippen molar-refractivity contribution in [2.75, 3.05) is 6.61 Å². The number of esters is 1. The molecule has 0 aromatic heterocycles. The lowest BCUT2D eigenvalue weighted by Gasteiger charge is -2.05. The molecule has 0 amide bonds. The van der Waals surface area contributed by atoms with Gasteiger partial charge in [0, 0.05) is 6.42 Å². The number of hydrogen-bond acceptors (Lipinski definition) is 2. The first-order valence-corrected chi connectivity index (χ1v) is 29.9. The Kier molecular flexibility index (Phi) is 58.5. The van der Waals surface area contributed by atoms with Gasteiger partial charge in [-0.15, -0.1) is 0 Å². The molecule has 0 fully saturated rings. The van der Waals surface area contributed by atoms with E-state index >= 15 is 0 Å². The zero-order valence-electron chi connectivity index (χ0n) is 44.3. The summed E-state index contributed by atoms with van der Waals surface area (Å²) >= 11 is 0. The molecule has 0 radical (unpaired) electrons. The van der Waals surface area contributed by atoms with Crippen molar-refractivity contribution >= 4 is 5.97 Å². The maximum Gasteiger partial charge on any atom is 0.305 e. The van der Waals surface area contributed by atoms with Crippen LogP contribution >= 0.6 is 0 Å². The van der Waals surface area contributed by atoms with E-state index in [2.05, 4.69) is 50.3 Å². The van der Waals surface area contributed by atoms with Crippen LogP contribution in [-0.2, 0) is 9.53 Å². The fraction of sp³-hybridized carbons (Fsp3) is 0.887. The van der Waals surface area contributed by atoms with Gasteiger partial charge in [0.15, 0.2) is 0 Å². The maximum absolute atomic E-state index is 12.0. The van der Waals surface area contributed by atoms with Crippen molar-refractivity contribution in [3.63, 3.8) is 0 Å². The zero-order chi connectivity index (χ0) is 46.0. The summed E-state index contributed by atoms with van der Waals surface area (Å²) in [6, 6.07) is 0. The fourth-order valence-corrected chi connectivity index (χ4v) is 9.24. The summed E-state index contributed by atoms with van der Waals surface area (Å²) in [6.07, 6.45) is 84.9. The average molecular weight is 896 g/mol. The number of unbranched alkanes of at least 4 members (excludes halogenated alkanes) is 46. The Hall–Kier alpha value is -1.31. The number of allylic oxidation sites excluding steroid dienone is 6. The number of carbonyl (C=O) groups is 1. The standard InChI is InChI=1S/C62H118O2/c1-3-5-7-9-11-13-15-17-19-20-21-22-23-24-25-26-27-28-29-30-31-32-33-34-35-36-37-38-39-40-41-42-43-44-45-47-49-51-53-55-57-59-61-64-62(63)60-58-56-54-52-50-48-46-18-16-14-12-10-8-6-4-2/h17-19,40-41,46H,3-16,20-39,42-45,47-61H2,1-2H3/b19-17-,41-40-,46-18-. The molecular weight excluding hydrogens is 777 g/mol. The summed E-state index contributed by atoms with van der Waals surface area (Å²) in [5.74, 6) is 0.0179. The van der Waals surface area contributed by atoms with Crippen molar-refractivity contribution in [2.45, 2.75) is 348 Å². The minimum Gasteiger partial charge on any atom is -0.466 e. The van der Waals surface area contributed by atoms with Crippen molar-refractivity contribution in [3.05, 3.63) is 36.5 Å². The van der Waals surface area contributed by atoms with Gasteiger partial charge < -0.3 is 4.74 Å². The second-order valence-electron chi connectivity index (χ2n) is 20.3. The van der Waals surface area contributed by atoms with Crippen LogP contribution in [0.1, 0.15) is 348 Å². The Morgan fingerprint density at radius 2 is 0.438 bits per heavy atom. The molecule has 0 saturated carbocycles. The van der Waals surface area contributed by atoms with E-state index in [0.29, 0.717) is 13.0 Å². The topological polar surface area (TPSA) is 26.3 Å². The molecule has 2 heteroatoms. The average Bonchev–Trinajstić information content (AvgIpc) is 3.30. The Labute approximate surface area is 404 Å². The van der Waals surface area contributed by atoms with E-state index in [1.54, 1.807) is 0 Å². The van der Waals surface area contributed by atoms with Crippen molar-refractivity contribution in [2.24, 2.45) is 0 Å². The van der Waals surface area contributed by atoms with Crippen LogP contribution in [0.15, 0.2) is 36.5 Å². The molecule has 0 bridgehead atoms. The van der Waals surface area contributed by atoms with Gasteiger partial charge >= 0.3 is 5.97 Å². The van der Waals surface area contributed by atoms with Crippen LogP contribution in [0.2, 0.25) is 0 Å². The van der Waals surface area contributed by atoms with Gasteiger partial charge in [0.05, 0.1) is 6.61 Å². The van der Waals surface area contributed by atoms with Gasteiger partial charge in [0.25, 0.3) is 0 Å². The third kappa shape index (κ3) is 58.7. The second-order valence-corrected chi connectivity index (χ2v) is 20.3. The van der Waals surface area contributed by atoms with E-state index in [0.717, 1.165) is 19.3 Å². The van der Waals surface area contributed by atoms with Gasteiger partial charge in [-0.3, -0.25) is 4.79 Å². The molecule has 0 heterocycles. The first kappa shape index (κ1) is 62.7. The highest BCUT2D eigenvalue weighted by atomic mass is 16.5. The molecule has 0 rings (SSSR count). The second kappa shape index (κ2) is 59.7. The molecule has 0 spiro atoms. The quantitative estimate of drug-likeness (QED) is 0.0345. The molecule has 0 aliphatic rings. The number of carbonyl (C=O) groups excluding carboxylic acids is 1. The number of hydrogen-bond donors (Lipinski definition) is 0. The molecule has 0 aliphatic heterocycles. The lowest BCUT2D eigenvalue weighted by molar-refractivity contribution is -0.143. The van der Waals surface area contributed by atoms with E-state index in [-0.39, 0.29) is 5.97 Å². The van der Waals surface area contributed by atoms with Gasteiger partial charge in [-0.25, -0.2) is 0 Å². The first-order chi connectivity index (χ1) is 31.8. The highest BCUT2D eigenvalue weighted by Crippen LogP contribution is 2.17. The summed E-state index contributed by atoms with van der Waals surface area (Å²) in [5.41, 5.74) is 0. The molecule has 2 nitrogen and oxygen atoms in total. The molecule has 0 unspecified atom stereocenters. The number of ether oxygens (including phenoxy) is 1. The molecule has 0 atom stereocenters. The van der Waals surface area contributed by atoms with Gasteiger partial charge in [-0.1, -0.05) is 288 Å². The van der Waals surface area contributed by atoms with Crippen molar-refractivity contribution < 1.29 is 9.53 Å². The SMILES string of the molecule is CCCCCCCC/C=C\CCCCCCCCCCCCCCCCCCCC/C=C\CCCCCCCCCCCCOC(=O)CCCCCCC/C=C\CCCCCCCC. The van der Waals surface area contributed by atoms with Crippen LogP contribution in [0.4, 0.5) is 0 Å². The van der Waals surface area contributed by atoms with Crippen LogP contribution in [-0.4, -0.2) is 12.6 Å². The Bertz CT molecular complexity index is 931. The summed E-state index contributed by atoms with van der Waals surface area (Å²) in [6.45, 7) is 5.20. The summed E-state index contributed by atoms with van der Waals surface area (Å²) in [7, 11) is 0. The summed E-state index contributed by atoms with van der Waals surface area (Å²) in [5, 5.41) is 0. The van der Waals surface area contributed by atoms with E-state index in [4.69, 9.17) is 4.74 Å². The Morgan fingerprint density at radius 1 is 0.250 bits per heavy atom. The third-order valence-corrected chi connectivity index (χ3v) is 13.7. The van der Waals surface area contributed by atoms with E-state index in [1.807, 2.05) is 0 Å². The monoisotopic (exact) mass is 895 g/mol. The predicted octanol–water partition coefficient (Wildman–Crippen LogP) is 22.5. The Morgan fingerprint density at radius 3 is 0.672 bits per heavy atom. The van der Waals surface area contributed by atoms with Crippen LogP contribution in [0, 0.1) is 0 Å². The smallest absolute Gasteiger partial charge is 0.305 e. The van der Waals surface area contributed by atoms with Gasteiger partial charge in [-0.05, 0) is 89.9 Å². The third-order valence-electron chi connectivity index (χ3n) is 13.7. The van der Waals surface area contributed by atoms with Crippen molar-refractivity contribution in [1.82, 2.24) is 0 Å². The zero-order valence-corrected chi connectivity index (χ0v) is 44.3. The van der Waals surface area contributed by atoms with Crippen LogP contribution in [0.5, 0.6) is 0 Å². The lowest BCUT2D eigenvalue weighted by atomic mass is 10.0. The number of rotatable bonds is 56. The molecule has 0 aromatic carbocycles. The predicted molar refractivity (Wildman–Crippen MR) is 290 cm³/mol. The minimum absolute atomic E-state index is 0.0179. The molecule has 0 saturated heterocycles. The van der Waals surface area contributed by atoms with Gasteiger partial charge in [-0.2, -0.15) is 0 Å². The molecule has 0 aliphatic carbocycles. The van der Waals surface area contributed by atoms with Crippen LogP contribution in [0.25, 0.3) is 0 Å². The highest BCUT2D eigenvalue weighted by molar-refractivity contribution is 5.69. The van der Waals surface area contributed by atoms with E-state index in [1.165, 1.54) is 308 Å². The lowest BCUT2D eigenvalue weighted by Crippen LogP contribution is -2.05. The van der Waals surface area contributed by atoms with Gasteiger partial charge in [0.1, 0.15) is 0 Å². The first-order valence-electron chi connectivity index (χ1n) is 29.9. The van der Waals surface area contributed by atoms with Crippen molar-refractivity contribution in [1.29, 1.82) is 0 Å². The largest absolute Gasteiger partial charge is 0.466 e. The van der Waals surface area contributed by atoms with Gasteiger partial charge in [0.2, 0.25) is 0 Å². The van der Waals surface area contributed by atoms with E-state index < -0.39 is 0 Å². The molecule has 0 N–H and O–H groups in total. The maximum atomic E-state index is 12.0. The Balaban J connectivity index is 3.19. The molecule has 378 valence electrons. The fourth-order valence-electron chi connectivity index (χ4n) is 9.24. The van der Waals surface area contributed by atoms with Crippen LogP contribution < -0.4 is 0 Å². The summed E-state index contributed by atoms with van der Waals surface area (Å²) < 4.78 is 5.49. The van der Waals surface area contributed by atoms with Crippen molar-refractivity contribution in [3.8, 4) is 0 Å². The minimum atomic E-state index is 0.0179. The normalized spacial score (nSPS) is 12.0. The molecular formula is C62H118O2. The summed E-state index contributed by atoms with van der Waals surface area (Å²) in [4.78, 5) is 12.0. The molecule has 64 heavy (non-hydrogen) atoms.